The van der Waals surface area contributed by atoms with Crippen LogP contribution in [0.3, 0.4) is 0 Å². The number of hydrogen-bond acceptors (Lipinski definition) is 1. The van der Waals surface area contributed by atoms with Crippen LogP contribution in [0.5, 0.6) is 0 Å². The Hall–Kier alpha value is -2.64. The molecule has 1 heteroatoms. The average Bonchev–Trinajstić information content (AvgIpc) is 2.59. The van der Waals surface area contributed by atoms with Crippen LogP contribution < -0.4 is 0 Å². The fourth-order valence-corrected chi connectivity index (χ4v) is 2.92. The number of hydrogen-bond donors (Lipinski definition) is 0. The molecule has 0 spiro atoms. The van der Waals surface area contributed by atoms with E-state index < -0.39 is 0 Å². The Morgan fingerprint density at radius 3 is 1.83 bits per heavy atom. The molecule has 0 unspecified atom stereocenters. The van der Waals surface area contributed by atoms with Gasteiger partial charge in [-0.3, -0.25) is 0 Å². The van der Waals surface area contributed by atoms with Gasteiger partial charge in [-0.05, 0) is 46.4 Å². The van der Waals surface area contributed by atoms with Crippen molar-refractivity contribution >= 4 is 12.2 Å². The minimum atomic E-state index is 0.640. The molecule has 0 amide bonds. The van der Waals surface area contributed by atoms with Gasteiger partial charge in [0.2, 0.25) is 0 Å². The quantitative estimate of drug-likeness (QED) is 0.448. The number of ether oxygens (including phenoxy) is 1. The van der Waals surface area contributed by atoms with Gasteiger partial charge in [0.1, 0.15) is 0 Å². The van der Waals surface area contributed by atoms with E-state index in [1.54, 1.807) is 0 Å². The second-order valence-corrected chi connectivity index (χ2v) is 6.35. The second-order valence-electron chi connectivity index (χ2n) is 6.35. The van der Waals surface area contributed by atoms with Crippen molar-refractivity contribution in [1.82, 2.24) is 0 Å². The highest BCUT2D eigenvalue weighted by molar-refractivity contribution is 5.85. The lowest BCUT2D eigenvalue weighted by Gasteiger charge is -2.12. The molecule has 1 aliphatic rings. The fourth-order valence-electron chi connectivity index (χ4n) is 2.92. The lowest BCUT2D eigenvalue weighted by molar-refractivity contribution is 0.107. The first-order valence-electron chi connectivity index (χ1n) is 8.33. The van der Waals surface area contributed by atoms with Crippen LogP contribution in [0.2, 0.25) is 0 Å². The maximum absolute atomic E-state index is 5.86. The lowest BCUT2D eigenvalue weighted by atomic mass is 9.96. The third-order valence-electron chi connectivity index (χ3n) is 4.47. The summed E-state index contributed by atoms with van der Waals surface area (Å²) in [6.45, 7) is 3.40. The molecule has 0 saturated carbocycles. The van der Waals surface area contributed by atoms with Gasteiger partial charge in [0.15, 0.2) is 0 Å². The molecule has 1 aliphatic carbocycles. The van der Waals surface area contributed by atoms with Crippen LogP contribution in [0.4, 0.5) is 0 Å². The van der Waals surface area contributed by atoms with Gasteiger partial charge in [-0.1, -0.05) is 78.4 Å². The van der Waals surface area contributed by atoms with E-state index in [2.05, 4.69) is 85.8 Å². The Bertz CT molecular complexity index is 871. The first-order valence-corrected chi connectivity index (χ1v) is 8.33. The smallest absolute Gasteiger partial charge is 0.0721 e. The Labute approximate surface area is 143 Å². The Balaban J connectivity index is 1.35. The molecular formula is C23H20O. The van der Waals surface area contributed by atoms with Gasteiger partial charge >= 0.3 is 0 Å². The summed E-state index contributed by atoms with van der Waals surface area (Å²) in [6, 6.07) is 23.8. The van der Waals surface area contributed by atoms with Crippen LogP contribution in [0.25, 0.3) is 23.3 Å². The highest BCUT2D eigenvalue weighted by atomic mass is 16.5. The molecule has 0 fully saturated rings. The molecule has 0 N–H and O–H groups in total. The fraction of sp³-hybridized carbons (Fsp3) is 0.130. The van der Waals surface area contributed by atoms with Crippen LogP contribution in [0.15, 0.2) is 66.7 Å². The van der Waals surface area contributed by atoms with Crippen molar-refractivity contribution in [3.63, 3.8) is 0 Å². The van der Waals surface area contributed by atoms with Crippen LogP contribution in [0.1, 0.15) is 27.8 Å². The number of aryl methyl sites for hydroxylation is 1. The first kappa shape index (κ1) is 14.9. The van der Waals surface area contributed by atoms with Crippen LogP contribution >= 0.6 is 0 Å². The maximum atomic E-state index is 5.86. The average molecular weight is 312 g/mol. The minimum absolute atomic E-state index is 0.640. The number of fused-ring (bicyclic) bond motifs is 1. The lowest BCUT2D eigenvalue weighted by Crippen LogP contribution is -1.97. The molecule has 3 aromatic carbocycles. The Kier molecular flexibility index (Phi) is 4.02. The van der Waals surface area contributed by atoms with Gasteiger partial charge in [-0.15, -0.1) is 0 Å². The van der Waals surface area contributed by atoms with Gasteiger partial charge in [-0.2, -0.15) is 0 Å². The molecule has 0 aromatic heterocycles. The van der Waals surface area contributed by atoms with Crippen molar-refractivity contribution in [2.45, 2.75) is 20.1 Å². The highest BCUT2D eigenvalue weighted by Gasteiger charge is 2.06. The largest absolute Gasteiger partial charge is 0.372 e. The van der Waals surface area contributed by atoms with Gasteiger partial charge in [-0.25, -0.2) is 0 Å². The summed E-state index contributed by atoms with van der Waals surface area (Å²) >= 11 is 0. The third-order valence-corrected chi connectivity index (χ3v) is 4.47. The van der Waals surface area contributed by atoms with Crippen LogP contribution in [0, 0.1) is 6.92 Å². The van der Waals surface area contributed by atoms with Crippen molar-refractivity contribution in [3.05, 3.63) is 94.5 Å². The van der Waals surface area contributed by atoms with E-state index in [0.29, 0.717) is 13.2 Å². The Morgan fingerprint density at radius 1 is 0.625 bits per heavy atom. The molecule has 0 saturated heterocycles. The summed E-state index contributed by atoms with van der Waals surface area (Å²) < 4.78 is 5.86. The summed E-state index contributed by atoms with van der Waals surface area (Å²) in [6.07, 6.45) is 4.28. The SMILES string of the molecule is Cc1ccc(-c2ccc(COCc3ccc4c(c3)C=C4)cc2)cc1. The van der Waals surface area contributed by atoms with E-state index in [1.165, 1.54) is 38.9 Å². The van der Waals surface area contributed by atoms with Gasteiger partial charge < -0.3 is 4.74 Å². The van der Waals surface area contributed by atoms with Crippen molar-refractivity contribution in [1.29, 1.82) is 0 Å². The van der Waals surface area contributed by atoms with E-state index in [4.69, 9.17) is 4.74 Å². The van der Waals surface area contributed by atoms with E-state index >= 15 is 0 Å². The topological polar surface area (TPSA) is 9.23 Å². The summed E-state index contributed by atoms with van der Waals surface area (Å²) in [5.74, 6) is 0. The molecular weight excluding hydrogens is 292 g/mol. The Morgan fingerprint density at radius 2 is 1.21 bits per heavy atom. The molecule has 118 valence electrons. The van der Waals surface area contributed by atoms with E-state index in [0.717, 1.165) is 0 Å². The first-order chi connectivity index (χ1) is 11.8. The predicted molar refractivity (Wildman–Crippen MR) is 100 cm³/mol. The normalized spacial score (nSPS) is 11.9. The monoisotopic (exact) mass is 312 g/mol. The van der Waals surface area contributed by atoms with Gasteiger partial charge in [0, 0.05) is 0 Å². The van der Waals surface area contributed by atoms with Crippen molar-refractivity contribution in [2.75, 3.05) is 0 Å². The van der Waals surface area contributed by atoms with Crippen molar-refractivity contribution < 1.29 is 4.74 Å². The molecule has 0 bridgehead atoms. The second kappa shape index (κ2) is 6.46. The van der Waals surface area contributed by atoms with Crippen LogP contribution in [-0.4, -0.2) is 0 Å². The predicted octanol–water partition coefficient (Wildman–Crippen LogP) is 5.86. The zero-order valence-corrected chi connectivity index (χ0v) is 13.8. The highest BCUT2D eigenvalue weighted by Crippen LogP contribution is 2.25. The zero-order chi connectivity index (χ0) is 16.4. The van der Waals surface area contributed by atoms with Gasteiger partial charge in [0.05, 0.1) is 13.2 Å². The summed E-state index contributed by atoms with van der Waals surface area (Å²) in [5.41, 5.74) is 8.86. The van der Waals surface area contributed by atoms with E-state index in [-0.39, 0.29) is 0 Å². The third kappa shape index (κ3) is 3.17. The zero-order valence-electron chi connectivity index (χ0n) is 13.8. The molecule has 0 radical (unpaired) electrons. The minimum Gasteiger partial charge on any atom is -0.372 e. The molecule has 0 aliphatic heterocycles. The molecule has 0 heterocycles. The molecule has 24 heavy (non-hydrogen) atoms. The maximum Gasteiger partial charge on any atom is 0.0721 e. The van der Waals surface area contributed by atoms with Crippen LogP contribution in [-0.2, 0) is 18.0 Å². The van der Waals surface area contributed by atoms with E-state index in [9.17, 15) is 0 Å². The number of benzene rings is 3. The van der Waals surface area contributed by atoms with Crippen molar-refractivity contribution in [2.24, 2.45) is 0 Å². The standard InChI is InChI=1S/C23H20O/c1-17-2-7-20(8-3-17)21-9-4-18(5-10-21)15-24-16-19-6-11-22-12-13-23(22)14-19/h2-14H,15-16H2,1H3. The molecule has 1 nitrogen and oxygen atoms in total. The summed E-state index contributed by atoms with van der Waals surface area (Å²) in [4.78, 5) is 0. The van der Waals surface area contributed by atoms with Crippen molar-refractivity contribution in [3.8, 4) is 11.1 Å². The molecule has 3 aromatic rings. The summed E-state index contributed by atoms with van der Waals surface area (Å²) in [7, 11) is 0. The molecule has 0 atom stereocenters. The summed E-state index contributed by atoms with van der Waals surface area (Å²) in [5, 5.41) is 0. The van der Waals surface area contributed by atoms with E-state index in [1.807, 2.05) is 0 Å². The molecule has 4 rings (SSSR count). The van der Waals surface area contributed by atoms with Gasteiger partial charge in [0.25, 0.3) is 0 Å². The number of rotatable bonds is 5.